The summed E-state index contributed by atoms with van der Waals surface area (Å²) in [7, 11) is 0. The van der Waals surface area contributed by atoms with E-state index < -0.39 is 0 Å². The molecule has 3 heteroatoms. The molecule has 2 N–H and O–H groups in total. The highest BCUT2D eigenvalue weighted by atomic mass is 15.1. The van der Waals surface area contributed by atoms with Crippen molar-refractivity contribution in [1.29, 1.82) is 0 Å². The van der Waals surface area contributed by atoms with Crippen LogP contribution in [0.1, 0.15) is 28.2 Å². The maximum absolute atomic E-state index is 5.93. The number of aryl methyl sites for hydroxylation is 3. The Bertz CT molecular complexity index is 502. The summed E-state index contributed by atoms with van der Waals surface area (Å²) < 4.78 is 2.15. The van der Waals surface area contributed by atoms with Crippen LogP contribution < -0.4 is 5.73 Å². The summed E-state index contributed by atoms with van der Waals surface area (Å²) in [4.78, 5) is 4.33. The number of aromatic nitrogens is 2. The molecule has 2 heterocycles. The largest absolute Gasteiger partial charge is 0.382 e. The summed E-state index contributed by atoms with van der Waals surface area (Å²) in [5, 5.41) is 0. The van der Waals surface area contributed by atoms with Crippen molar-refractivity contribution in [3.05, 3.63) is 28.2 Å². The van der Waals surface area contributed by atoms with E-state index in [4.69, 9.17) is 5.73 Å². The van der Waals surface area contributed by atoms with Crippen LogP contribution in [0, 0.1) is 34.6 Å². The quantitative estimate of drug-likeness (QED) is 0.714. The van der Waals surface area contributed by atoms with E-state index in [-0.39, 0.29) is 0 Å². The highest BCUT2D eigenvalue weighted by Crippen LogP contribution is 2.27. The molecule has 0 radical (unpaired) electrons. The van der Waals surface area contributed by atoms with E-state index in [2.05, 4.69) is 37.1 Å². The molecule has 0 saturated carbocycles. The summed E-state index contributed by atoms with van der Waals surface area (Å²) in [5.41, 5.74) is 12.1. The van der Waals surface area contributed by atoms with Crippen molar-refractivity contribution in [2.75, 3.05) is 5.73 Å². The van der Waals surface area contributed by atoms with Crippen molar-refractivity contribution in [3.8, 4) is 0 Å². The number of anilines is 1. The van der Waals surface area contributed by atoms with Crippen molar-refractivity contribution in [2.24, 2.45) is 0 Å². The van der Waals surface area contributed by atoms with Gasteiger partial charge in [0.15, 0.2) is 0 Å². The zero-order valence-electron chi connectivity index (χ0n) is 9.97. The normalized spacial score (nSPS) is 11.3. The van der Waals surface area contributed by atoms with Crippen molar-refractivity contribution >= 4 is 11.3 Å². The third-order valence-corrected chi connectivity index (χ3v) is 3.43. The minimum atomic E-state index is 0.635. The van der Waals surface area contributed by atoms with Crippen LogP contribution in [-0.2, 0) is 0 Å². The molecule has 2 aromatic heterocycles. The van der Waals surface area contributed by atoms with Crippen LogP contribution in [0.4, 0.5) is 5.82 Å². The standard InChI is InChI=1S/C12H17N3/c1-6-7(2)9(4)15-10(5)14-12(13)11(15)8(6)3/h13H2,1-5H3. The first-order chi connectivity index (χ1) is 6.95. The number of nitrogen functional groups attached to an aromatic ring is 1. The van der Waals surface area contributed by atoms with Gasteiger partial charge in [0.05, 0.1) is 5.52 Å². The molecule has 0 amide bonds. The number of rotatable bonds is 0. The second-order valence-corrected chi connectivity index (χ2v) is 4.19. The predicted octanol–water partition coefficient (Wildman–Crippen LogP) is 2.46. The lowest BCUT2D eigenvalue weighted by molar-refractivity contribution is 0.965. The number of nitrogens with zero attached hydrogens (tertiary/aromatic N) is 2. The van der Waals surface area contributed by atoms with Gasteiger partial charge >= 0.3 is 0 Å². The van der Waals surface area contributed by atoms with Gasteiger partial charge in [-0.05, 0) is 51.3 Å². The summed E-state index contributed by atoms with van der Waals surface area (Å²) in [6, 6.07) is 0. The Balaban J connectivity index is 3.10. The van der Waals surface area contributed by atoms with Gasteiger partial charge in [0.1, 0.15) is 11.6 Å². The predicted molar refractivity (Wildman–Crippen MR) is 63.3 cm³/mol. The lowest BCUT2D eigenvalue weighted by atomic mass is 10.0. The molecule has 2 rings (SSSR count). The Morgan fingerprint density at radius 2 is 1.53 bits per heavy atom. The van der Waals surface area contributed by atoms with E-state index in [1.807, 2.05) is 6.92 Å². The highest BCUT2D eigenvalue weighted by molar-refractivity contribution is 5.74. The van der Waals surface area contributed by atoms with Crippen molar-refractivity contribution < 1.29 is 0 Å². The topological polar surface area (TPSA) is 43.3 Å². The summed E-state index contributed by atoms with van der Waals surface area (Å²) >= 11 is 0. The molecule has 0 aliphatic rings. The summed E-state index contributed by atoms with van der Waals surface area (Å²) in [6.45, 7) is 10.5. The lowest BCUT2D eigenvalue weighted by Gasteiger charge is -2.13. The van der Waals surface area contributed by atoms with Crippen molar-refractivity contribution in [2.45, 2.75) is 34.6 Å². The molecule has 0 aromatic carbocycles. The smallest absolute Gasteiger partial charge is 0.150 e. The van der Waals surface area contributed by atoms with Gasteiger partial charge < -0.3 is 5.73 Å². The zero-order valence-corrected chi connectivity index (χ0v) is 9.97. The molecule has 80 valence electrons. The van der Waals surface area contributed by atoms with Crippen LogP contribution >= 0.6 is 0 Å². The van der Waals surface area contributed by atoms with Gasteiger partial charge in [0, 0.05) is 5.69 Å². The van der Waals surface area contributed by atoms with Gasteiger partial charge in [0.2, 0.25) is 0 Å². The van der Waals surface area contributed by atoms with Gasteiger partial charge in [-0.25, -0.2) is 4.98 Å². The Hall–Kier alpha value is -1.51. The molecule has 0 unspecified atom stereocenters. The number of nitrogens with two attached hydrogens (primary N) is 1. The number of hydrogen-bond donors (Lipinski definition) is 1. The summed E-state index contributed by atoms with van der Waals surface area (Å²) in [5.74, 6) is 1.60. The first-order valence-corrected chi connectivity index (χ1v) is 5.16. The molecular formula is C12H17N3. The van der Waals surface area contributed by atoms with Crippen LogP contribution in [-0.4, -0.2) is 9.38 Å². The molecule has 0 aliphatic heterocycles. The van der Waals surface area contributed by atoms with Crippen LogP contribution in [0.5, 0.6) is 0 Å². The third kappa shape index (κ3) is 1.16. The maximum atomic E-state index is 5.93. The number of fused-ring (bicyclic) bond motifs is 1. The molecule has 3 nitrogen and oxygen atoms in total. The fourth-order valence-electron chi connectivity index (χ4n) is 2.22. The van der Waals surface area contributed by atoms with Crippen LogP contribution in [0.3, 0.4) is 0 Å². The van der Waals surface area contributed by atoms with Crippen LogP contribution in [0.15, 0.2) is 0 Å². The monoisotopic (exact) mass is 203 g/mol. The third-order valence-electron chi connectivity index (χ3n) is 3.43. The van der Waals surface area contributed by atoms with Gasteiger partial charge in [-0.15, -0.1) is 0 Å². The minimum absolute atomic E-state index is 0.635. The molecule has 2 aromatic rings. The van der Waals surface area contributed by atoms with Crippen LogP contribution in [0.2, 0.25) is 0 Å². The Morgan fingerprint density at radius 3 is 2.13 bits per heavy atom. The Labute approximate surface area is 89.9 Å². The minimum Gasteiger partial charge on any atom is -0.382 e. The Kier molecular flexibility index (Phi) is 2.00. The van der Waals surface area contributed by atoms with E-state index in [9.17, 15) is 0 Å². The molecule has 0 atom stereocenters. The fourth-order valence-corrected chi connectivity index (χ4v) is 2.22. The zero-order chi connectivity index (χ0) is 11.3. The van der Waals surface area contributed by atoms with Crippen molar-refractivity contribution in [1.82, 2.24) is 9.38 Å². The second-order valence-electron chi connectivity index (χ2n) is 4.19. The van der Waals surface area contributed by atoms with E-state index in [0.717, 1.165) is 11.3 Å². The lowest BCUT2D eigenvalue weighted by Crippen LogP contribution is -2.02. The second kappa shape index (κ2) is 2.99. The number of imidazole rings is 1. The molecule has 0 aliphatic carbocycles. The average molecular weight is 203 g/mol. The molecule has 0 spiro atoms. The first-order valence-electron chi connectivity index (χ1n) is 5.16. The van der Waals surface area contributed by atoms with E-state index in [1.54, 1.807) is 0 Å². The van der Waals surface area contributed by atoms with Gasteiger partial charge in [-0.1, -0.05) is 0 Å². The van der Waals surface area contributed by atoms with E-state index in [1.165, 1.54) is 22.4 Å². The van der Waals surface area contributed by atoms with Crippen molar-refractivity contribution in [3.63, 3.8) is 0 Å². The van der Waals surface area contributed by atoms with E-state index >= 15 is 0 Å². The fraction of sp³-hybridized carbons (Fsp3) is 0.417. The summed E-state index contributed by atoms with van der Waals surface area (Å²) in [6.07, 6.45) is 0. The van der Waals surface area contributed by atoms with Gasteiger partial charge in [-0.3, -0.25) is 4.40 Å². The first kappa shape index (κ1) is 10.0. The number of hydrogen-bond acceptors (Lipinski definition) is 2. The van der Waals surface area contributed by atoms with E-state index in [0.29, 0.717) is 5.82 Å². The maximum Gasteiger partial charge on any atom is 0.150 e. The molecule has 0 saturated heterocycles. The van der Waals surface area contributed by atoms with Gasteiger partial charge in [0.25, 0.3) is 0 Å². The molecule has 15 heavy (non-hydrogen) atoms. The Morgan fingerprint density at radius 1 is 0.933 bits per heavy atom. The number of pyridine rings is 1. The SMILES string of the molecule is Cc1c(C)c(C)n2c(C)nc(N)c2c1C. The molecule has 0 fully saturated rings. The molecule has 0 bridgehead atoms. The molecular weight excluding hydrogens is 186 g/mol. The highest BCUT2D eigenvalue weighted by Gasteiger charge is 2.14. The average Bonchev–Trinajstić information content (AvgIpc) is 2.47. The van der Waals surface area contributed by atoms with Crippen LogP contribution in [0.25, 0.3) is 5.52 Å². The van der Waals surface area contributed by atoms with Gasteiger partial charge in [-0.2, -0.15) is 0 Å².